The van der Waals surface area contributed by atoms with Gasteiger partial charge in [0.15, 0.2) is 0 Å². The molecule has 12 heavy (non-hydrogen) atoms. The van der Waals surface area contributed by atoms with E-state index >= 15 is 0 Å². The van der Waals surface area contributed by atoms with Gasteiger partial charge >= 0.3 is 7.60 Å². The summed E-state index contributed by atoms with van der Waals surface area (Å²) >= 11 is 1.33. The van der Waals surface area contributed by atoms with Crippen LogP contribution in [0.2, 0.25) is 0 Å². The van der Waals surface area contributed by atoms with Crippen LogP contribution in [0.4, 0.5) is 0 Å². The largest absolute Gasteiger partial charge is 0.347 e. The summed E-state index contributed by atoms with van der Waals surface area (Å²) in [6.07, 6.45) is 0. The predicted octanol–water partition coefficient (Wildman–Crippen LogP) is 1.14. The summed E-state index contributed by atoms with van der Waals surface area (Å²) < 4.78 is 10.9. The lowest BCUT2D eigenvalue weighted by Gasteiger charge is -2.15. The molecule has 1 unspecified atom stereocenters. The fourth-order valence-corrected chi connectivity index (χ4v) is 2.99. The zero-order valence-corrected chi connectivity index (χ0v) is 8.18. The average molecular weight is 207 g/mol. The molecule has 0 aromatic carbocycles. The van der Waals surface area contributed by atoms with Gasteiger partial charge in [0.25, 0.3) is 0 Å². The minimum Gasteiger partial charge on any atom is -0.323 e. The highest BCUT2D eigenvalue weighted by Gasteiger charge is 2.29. The van der Waals surface area contributed by atoms with E-state index in [1.807, 2.05) is 0 Å². The van der Waals surface area contributed by atoms with Crippen LogP contribution < -0.4 is 5.32 Å². The smallest absolute Gasteiger partial charge is 0.323 e. The van der Waals surface area contributed by atoms with Gasteiger partial charge in [-0.05, 0) is 18.5 Å². The normalized spacial score (nSPS) is 14.6. The molecule has 1 aromatic heterocycles. The number of thiophene rings is 1. The maximum Gasteiger partial charge on any atom is 0.347 e. The topological polar surface area (TPSA) is 69.6 Å². The van der Waals surface area contributed by atoms with Gasteiger partial charge in [-0.2, -0.15) is 0 Å². The minimum absolute atomic E-state index is 0.658. The molecule has 3 N–H and O–H groups in total. The maximum atomic E-state index is 10.9. The summed E-state index contributed by atoms with van der Waals surface area (Å²) in [6.45, 7) is 0. The average Bonchev–Trinajstić information content (AvgIpc) is 2.38. The van der Waals surface area contributed by atoms with Crippen molar-refractivity contribution in [2.75, 3.05) is 7.05 Å². The second kappa shape index (κ2) is 3.68. The second-order valence-corrected chi connectivity index (χ2v) is 4.97. The molecule has 0 fully saturated rings. The Morgan fingerprint density at radius 1 is 1.67 bits per heavy atom. The van der Waals surface area contributed by atoms with Crippen LogP contribution >= 0.6 is 18.9 Å². The summed E-state index contributed by atoms with van der Waals surface area (Å²) in [5, 5.41) is 4.38. The molecular formula is C6H10NO3PS. The van der Waals surface area contributed by atoms with Crippen LogP contribution in [0.1, 0.15) is 10.7 Å². The summed E-state index contributed by atoms with van der Waals surface area (Å²) in [5.41, 5.74) is 0. The molecule has 1 atom stereocenters. The first kappa shape index (κ1) is 9.89. The molecule has 6 heteroatoms. The Labute approximate surface area is 74.4 Å². The molecule has 0 aliphatic heterocycles. The molecule has 0 aliphatic rings. The van der Waals surface area contributed by atoms with Crippen molar-refractivity contribution in [3.8, 4) is 0 Å². The Hall–Kier alpha value is -0.190. The van der Waals surface area contributed by atoms with Gasteiger partial charge in [-0.15, -0.1) is 11.3 Å². The summed E-state index contributed by atoms with van der Waals surface area (Å²) in [6, 6.07) is 3.46. The van der Waals surface area contributed by atoms with E-state index in [0.717, 1.165) is 0 Å². The summed E-state index contributed by atoms with van der Waals surface area (Å²) in [4.78, 5) is 18.5. The number of hydrogen-bond donors (Lipinski definition) is 3. The number of nitrogens with one attached hydrogen (secondary N) is 1. The Morgan fingerprint density at radius 2 is 2.33 bits per heavy atom. The highest BCUT2D eigenvalue weighted by molar-refractivity contribution is 7.52. The highest BCUT2D eigenvalue weighted by Crippen LogP contribution is 2.50. The monoisotopic (exact) mass is 207 g/mol. The third kappa shape index (κ3) is 2.15. The van der Waals surface area contributed by atoms with Crippen LogP contribution in [-0.2, 0) is 4.57 Å². The van der Waals surface area contributed by atoms with Crippen LogP contribution in [0.25, 0.3) is 0 Å². The molecule has 1 rings (SSSR count). The van der Waals surface area contributed by atoms with E-state index in [9.17, 15) is 4.57 Å². The molecule has 0 bridgehead atoms. The summed E-state index contributed by atoms with van der Waals surface area (Å²) in [5.74, 6) is -0.863. The van der Waals surface area contributed by atoms with Crippen molar-refractivity contribution in [3.63, 3.8) is 0 Å². The van der Waals surface area contributed by atoms with Crippen LogP contribution in [0.5, 0.6) is 0 Å². The van der Waals surface area contributed by atoms with Crippen LogP contribution in [0.15, 0.2) is 17.5 Å². The fraction of sp³-hybridized carbons (Fsp3) is 0.333. The van der Waals surface area contributed by atoms with Crippen molar-refractivity contribution in [1.29, 1.82) is 0 Å². The predicted molar refractivity (Wildman–Crippen MR) is 48.2 cm³/mol. The lowest BCUT2D eigenvalue weighted by Crippen LogP contribution is -2.15. The van der Waals surface area contributed by atoms with Crippen molar-refractivity contribution < 1.29 is 14.4 Å². The zero-order chi connectivity index (χ0) is 9.19. The van der Waals surface area contributed by atoms with E-state index in [1.54, 1.807) is 17.5 Å². The van der Waals surface area contributed by atoms with Crippen LogP contribution in [-0.4, -0.2) is 16.8 Å². The van der Waals surface area contributed by atoms with Gasteiger partial charge in [-0.3, -0.25) is 4.57 Å². The second-order valence-electron chi connectivity index (χ2n) is 2.30. The van der Waals surface area contributed by atoms with E-state index < -0.39 is 13.4 Å². The molecule has 68 valence electrons. The molecule has 1 heterocycles. The van der Waals surface area contributed by atoms with Gasteiger partial charge in [-0.25, -0.2) is 0 Å². The molecule has 0 saturated heterocycles. The quantitative estimate of drug-likeness (QED) is 0.650. The molecule has 4 nitrogen and oxygen atoms in total. The maximum absolute atomic E-state index is 10.9. The Morgan fingerprint density at radius 3 is 2.67 bits per heavy atom. The van der Waals surface area contributed by atoms with Crippen LogP contribution in [0.3, 0.4) is 0 Å². The van der Waals surface area contributed by atoms with Crippen molar-refractivity contribution in [3.05, 3.63) is 22.4 Å². The van der Waals surface area contributed by atoms with Crippen molar-refractivity contribution in [1.82, 2.24) is 5.32 Å². The first-order chi connectivity index (χ1) is 5.55. The minimum atomic E-state index is -4.07. The number of rotatable bonds is 3. The molecule has 0 radical (unpaired) electrons. The lowest BCUT2D eigenvalue weighted by atomic mass is 10.5. The molecule has 0 aliphatic carbocycles. The lowest BCUT2D eigenvalue weighted by molar-refractivity contribution is 0.352. The van der Waals surface area contributed by atoms with Crippen molar-refractivity contribution in [2.45, 2.75) is 5.78 Å². The molecule has 0 amide bonds. The van der Waals surface area contributed by atoms with Gasteiger partial charge < -0.3 is 15.1 Å². The SMILES string of the molecule is CNC(c1cccs1)P(=O)(O)O. The third-order valence-corrected chi connectivity index (χ3v) is 3.74. The Bertz CT molecular complexity index is 281. The van der Waals surface area contributed by atoms with Gasteiger partial charge in [0.2, 0.25) is 0 Å². The zero-order valence-electron chi connectivity index (χ0n) is 6.47. The van der Waals surface area contributed by atoms with Gasteiger partial charge in [-0.1, -0.05) is 6.07 Å². The fourth-order valence-electron chi connectivity index (χ4n) is 0.923. The first-order valence-corrected chi connectivity index (χ1v) is 5.87. The molecule has 1 aromatic rings. The van der Waals surface area contributed by atoms with Gasteiger partial charge in [0.1, 0.15) is 5.78 Å². The van der Waals surface area contributed by atoms with Crippen molar-refractivity contribution in [2.24, 2.45) is 0 Å². The van der Waals surface area contributed by atoms with Gasteiger partial charge in [0, 0.05) is 4.88 Å². The molecule has 0 spiro atoms. The number of hydrogen-bond acceptors (Lipinski definition) is 3. The summed E-state index contributed by atoms with van der Waals surface area (Å²) in [7, 11) is -2.53. The van der Waals surface area contributed by atoms with E-state index in [-0.39, 0.29) is 0 Å². The molecular weight excluding hydrogens is 197 g/mol. The third-order valence-electron chi connectivity index (χ3n) is 1.42. The van der Waals surface area contributed by atoms with E-state index in [1.165, 1.54) is 18.4 Å². The first-order valence-electron chi connectivity index (χ1n) is 3.31. The van der Waals surface area contributed by atoms with Crippen LogP contribution in [0, 0.1) is 0 Å². The van der Waals surface area contributed by atoms with E-state index in [2.05, 4.69) is 5.32 Å². The Kier molecular flexibility index (Phi) is 3.04. The highest BCUT2D eigenvalue weighted by atomic mass is 32.1. The standard InChI is InChI=1S/C6H10NO3PS/c1-7-6(11(8,9)10)5-3-2-4-12-5/h2-4,6-7H,1H3,(H2,8,9,10). The van der Waals surface area contributed by atoms with Crippen molar-refractivity contribution >= 4 is 18.9 Å². The Balaban J connectivity index is 2.92. The molecule has 0 saturated carbocycles. The van der Waals surface area contributed by atoms with E-state index in [4.69, 9.17) is 9.79 Å². The van der Waals surface area contributed by atoms with E-state index in [0.29, 0.717) is 4.88 Å². The van der Waals surface area contributed by atoms with Gasteiger partial charge in [0.05, 0.1) is 0 Å².